The molecule has 4 rings (SSSR count). The van der Waals surface area contributed by atoms with E-state index in [2.05, 4.69) is 38.2 Å². The van der Waals surface area contributed by atoms with E-state index in [-0.39, 0.29) is 11.3 Å². The standard InChI is InChI=1S/C23H33N3O3/c1-14-10-16(3)18(11-15(14)2)17-4-8-26(9-5-17)22(28)20-19(21(27)25-29)12-23(6-7-23)13-24-20/h10-11,17,19-20,24,29H,4-9,12-13H2,1-3H3,(H,25,27)/t19-,20-/m0/s1. The first-order chi connectivity index (χ1) is 13.8. The van der Waals surface area contributed by atoms with Crippen LogP contribution in [0.4, 0.5) is 0 Å². The molecule has 2 atom stereocenters. The van der Waals surface area contributed by atoms with Gasteiger partial charge in [0.15, 0.2) is 0 Å². The Hall–Kier alpha value is -1.92. The zero-order valence-electron chi connectivity index (χ0n) is 17.8. The van der Waals surface area contributed by atoms with E-state index >= 15 is 0 Å². The summed E-state index contributed by atoms with van der Waals surface area (Å²) < 4.78 is 0. The third kappa shape index (κ3) is 3.92. The van der Waals surface area contributed by atoms with E-state index in [9.17, 15) is 9.59 Å². The normalized spacial score (nSPS) is 26.4. The second kappa shape index (κ2) is 7.73. The summed E-state index contributed by atoms with van der Waals surface area (Å²) in [5.41, 5.74) is 7.32. The van der Waals surface area contributed by atoms with Crippen LogP contribution in [0.5, 0.6) is 0 Å². The van der Waals surface area contributed by atoms with Gasteiger partial charge in [-0.15, -0.1) is 0 Å². The molecule has 3 aliphatic rings. The highest BCUT2D eigenvalue weighted by Crippen LogP contribution is 2.52. The second-order valence-electron chi connectivity index (χ2n) is 9.54. The highest BCUT2D eigenvalue weighted by Gasteiger charge is 2.52. The molecule has 0 unspecified atom stereocenters. The summed E-state index contributed by atoms with van der Waals surface area (Å²) in [6.45, 7) is 8.70. The Bertz CT molecular complexity index is 810. The van der Waals surface area contributed by atoms with Gasteiger partial charge in [-0.05, 0) is 86.5 Å². The Morgan fingerprint density at radius 3 is 2.38 bits per heavy atom. The number of nitrogens with zero attached hydrogens (tertiary/aromatic N) is 1. The maximum atomic E-state index is 13.2. The monoisotopic (exact) mass is 399 g/mol. The van der Waals surface area contributed by atoms with E-state index in [1.165, 1.54) is 22.3 Å². The van der Waals surface area contributed by atoms with E-state index in [0.717, 1.165) is 32.2 Å². The van der Waals surface area contributed by atoms with E-state index < -0.39 is 17.9 Å². The van der Waals surface area contributed by atoms with Crippen molar-refractivity contribution in [2.24, 2.45) is 11.3 Å². The highest BCUT2D eigenvalue weighted by atomic mass is 16.5. The van der Waals surface area contributed by atoms with Crippen LogP contribution in [0.1, 0.15) is 60.3 Å². The average Bonchev–Trinajstić information content (AvgIpc) is 3.48. The lowest BCUT2D eigenvalue weighted by Crippen LogP contribution is -2.59. The van der Waals surface area contributed by atoms with Crippen LogP contribution < -0.4 is 10.8 Å². The Morgan fingerprint density at radius 1 is 1.10 bits per heavy atom. The molecule has 0 aromatic heterocycles. The largest absolute Gasteiger partial charge is 0.341 e. The molecule has 0 radical (unpaired) electrons. The molecule has 1 saturated carbocycles. The quantitative estimate of drug-likeness (QED) is 0.539. The number of rotatable bonds is 3. The summed E-state index contributed by atoms with van der Waals surface area (Å²) in [5.74, 6) is -0.459. The molecule has 1 aliphatic carbocycles. The molecule has 6 heteroatoms. The van der Waals surface area contributed by atoms with Gasteiger partial charge in [0, 0.05) is 19.6 Å². The third-order valence-corrected chi connectivity index (χ3v) is 7.55. The zero-order valence-corrected chi connectivity index (χ0v) is 17.8. The van der Waals surface area contributed by atoms with E-state index in [4.69, 9.17) is 5.21 Å². The van der Waals surface area contributed by atoms with Gasteiger partial charge in [0.25, 0.3) is 0 Å². The first kappa shape index (κ1) is 20.4. The van der Waals surface area contributed by atoms with Gasteiger partial charge in [0.05, 0.1) is 12.0 Å². The van der Waals surface area contributed by atoms with Gasteiger partial charge >= 0.3 is 0 Å². The Kier molecular flexibility index (Phi) is 5.42. The molecule has 3 N–H and O–H groups in total. The van der Waals surface area contributed by atoms with Crippen molar-refractivity contribution in [3.05, 3.63) is 34.4 Å². The first-order valence-corrected chi connectivity index (χ1v) is 10.9. The van der Waals surface area contributed by atoms with Gasteiger partial charge in [-0.25, -0.2) is 5.48 Å². The van der Waals surface area contributed by atoms with Crippen molar-refractivity contribution in [3.63, 3.8) is 0 Å². The van der Waals surface area contributed by atoms with Crippen molar-refractivity contribution in [2.75, 3.05) is 19.6 Å². The fourth-order valence-corrected chi connectivity index (χ4v) is 5.30. The van der Waals surface area contributed by atoms with Gasteiger partial charge < -0.3 is 10.2 Å². The summed E-state index contributed by atoms with van der Waals surface area (Å²) in [5, 5.41) is 12.5. The molecule has 2 amide bonds. The van der Waals surface area contributed by atoms with Crippen LogP contribution in [0.2, 0.25) is 0 Å². The van der Waals surface area contributed by atoms with Gasteiger partial charge in [0.1, 0.15) is 0 Å². The lowest BCUT2D eigenvalue weighted by atomic mass is 9.80. The number of amides is 2. The second-order valence-corrected chi connectivity index (χ2v) is 9.54. The zero-order chi connectivity index (χ0) is 20.8. The lowest BCUT2D eigenvalue weighted by Gasteiger charge is -2.40. The maximum absolute atomic E-state index is 13.2. The minimum Gasteiger partial charge on any atom is -0.341 e. The van der Waals surface area contributed by atoms with Crippen LogP contribution in [0.3, 0.4) is 0 Å². The summed E-state index contributed by atoms with van der Waals surface area (Å²) in [6.07, 6.45) is 4.76. The van der Waals surface area contributed by atoms with E-state index in [1.807, 2.05) is 4.90 Å². The molecular weight excluding hydrogens is 366 g/mol. The highest BCUT2D eigenvalue weighted by molar-refractivity contribution is 5.90. The molecule has 3 fully saturated rings. The fraction of sp³-hybridized carbons (Fsp3) is 0.652. The average molecular weight is 400 g/mol. The van der Waals surface area contributed by atoms with Gasteiger partial charge in [0.2, 0.25) is 11.8 Å². The number of piperidine rings is 2. The smallest absolute Gasteiger partial charge is 0.248 e. The SMILES string of the molecule is Cc1cc(C)c(C2CCN(C(=O)[C@H]3NCC4(CC4)C[C@@H]3C(=O)NO)CC2)cc1C. The Labute approximate surface area is 173 Å². The number of aryl methyl sites for hydroxylation is 3. The van der Waals surface area contributed by atoms with Crippen LogP contribution >= 0.6 is 0 Å². The van der Waals surface area contributed by atoms with Gasteiger partial charge in [-0.1, -0.05) is 12.1 Å². The van der Waals surface area contributed by atoms with Gasteiger partial charge in [-0.3, -0.25) is 14.8 Å². The summed E-state index contributed by atoms with van der Waals surface area (Å²) in [7, 11) is 0. The van der Waals surface area contributed by atoms with Crippen LogP contribution in [0.15, 0.2) is 12.1 Å². The van der Waals surface area contributed by atoms with Crippen LogP contribution in [-0.2, 0) is 9.59 Å². The predicted octanol–water partition coefficient (Wildman–Crippen LogP) is 2.58. The Balaban J connectivity index is 1.42. The number of nitrogens with one attached hydrogen (secondary N) is 2. The van der Waals surface area contributed by atoms with Crippen molar-refractivity contribution in [3.8, 4) is 0 Å². The molecule has 0 bridgehead atoms. The molecule has 2 aliphatic heterocycles. The van der Waals surface area contributed by atoms with Gasteiger partial charge in [-0.2, -0.15) is 0 Å². The predicted molar refractivity (Wildman–Crippen MR) is 111 cm³/mol. The molecule has 6 nitrogen and oxygen atoms in total. The number of carbonyl (C=O) groups is 2. The van der Waals surface area contributed by atoms with Crippen molar-refractivity contribution in [2.45, 2.75) is 64.8 Å². The van der Waals surface area contributed by atoms with Crippen LogP contribution in [0.25, 0.3) is 0 Å². The summed E-state index contributed by atoms with van der Waals surface area (Å²) in [6, 6.07) is 4.04. The topological polar surface area (TPSA) is 81.7 Å². The van der Waals surface area contributed by atoms with Crippen LogP contribution in [-0.4, -0.2) is 47.6 Å². The van der Waals surface area contributed by atoms with E-state index in [0.29, 0.717) is 25.4 Å². The summed E-state index contributed by atoms with van der Waals surface area (Å²) >= 11 is 0. The number of hydrogen-bond acceptors (Lipinski definition) is 4. The van der Waals surface area contributed by atoms with Crippen molar-refractivity contribution < 1.29 is 14.8 Å². The van der Waals surface area contributed by atoms with Crippen molar-refractivity contribution >= 4 is 11.8 Å². The molecule has 1 aromatic rings. The summed E-state index contributed by atoms with van der Waals surface area (Å²) in [4.78, 5) is 27.4. The minimum absolute atomic E-state index is 0.00404. The molecule has 158 valence electrons. The number of hydroxylamine groups is 1. The Morgan fingerprint density at radius 2 is 1.76 bits per heavy atom. The third-order valence-electron chi connectivity index (χ3n) is 7.55. The van der Waals surface area contributed by atoms with Crippen molar-refractivity contribution in [1.29, 1.82) is 0 Å². The van der Waals surface area contributed by atoms with E-state index in [1.54, 1.807) is 5.48 Å². The molecule has 2 heterocycles. The lowest BCUT2D eigenvalue weighted by molar-refractivity contribution is -0.145. The maximum Gasteiger partial charge on any atom is 0.248 e. The first-order valence-electron chi connectivity index (χ1n) is 10.9. The van der Waals surface area contributed by atoms with Crippen LogP contribution in [0, 0.1) is 32.1 Å². The number of likely N-dealkylation sites (tertiary alicyclic amines) is 1. The fourth-order valence-electron chi connectivity index (χ4n) is 5.30. The number of hydrogen-bond donors (Lipinski definition) is 3. The molecule has 1 aromatic carbocycles. The number of carbonyl (C=O) groups excluding carboxylic acids is 2. The molecular formula is C23H33N3O3. The van der Waals surface area contributed by atoms with Crippen molar-refractivity contribution in [1.82, 2.24) is 15.7 Å². The molecule has 1 spiro atoms. The molecule has 2 saturated heterocycles. The minimum atomic E-state index is -0.534. The molecule has 29 heavy (non-hydrogen) atoms. The number of benzene rings is 1.